The molecule has 60 valence electrons. The molecule has 3 heteroatoms. The van der Waals surface area contributed by atoms with E-state index in [1.807, 2.05) is 26.2 Å². The molecule has 0 radical (unpaired) electrons. The summed E-state index contributed by atoms with van der Waals surface area (Å²) in [5.41, 5.74) is 1.81. The van der Waals surface area contributed by atoms with Crippen molar-refractivity contribution in [3.05, 3.63) is 23.5 Å². The first-order chi connectivity index (χ1) is 5.11. The van der Waals surface area contributed by atoms with Crippen molar-refractivity contribution in [1.29, 1.82) is 0 Å². The Kier molecular flexibility index (Phi) is 1.98. The standard InChI is InChI=1S/C8H11NO2/c1-6-3-4-9(2)7(6)5-8(10)11/h3-4H,5H2,1-2H3,(H,10,11)/p-1. The molecule has 0 amide bonds. The minimum absolute atomic E-state index is 0.00463. The Labute approximate surface area is 65.3 Å². The van der Waals surface area contributed by atoms with Crippen LogP contribution in [0.1, 0.15) is 11.3 Å². The summed E-state index contributed by atoms with van der Waals surface area (Å²) < 4.78 is 1.80. The van der Waals surface area contributed by atoms with E-state index in [4.69, 9.17) is 0 Å². The molecule has 0 saturated heterocycles. The lowest BCUT2D eigenvalue weighted by atomic mass is 10.2. The van der Waals surface area contributed by atoms with Crippen molar-refractivity contribution in [3.8, 4) is 0 Å². The summed E-state index contributed by atoms with van der Waals surface area (Å²) in [4.78, 5) is 10.2. The number of carboxylic acids is 1. The fourth-order valence-corrected chi connectivity index (χ4v) is 1.09. The second-order valence-electron chi connectivity index (χ2n) is 2.61. The summed E-state index contributed by atoms with van der Waals surface area (Å²) in [6.45, 7) is 1.89. The monoisotopic (exact) mass is 152 g/mol. The van der Waals surface area contributed by atoms with Crippen molar-refractivity contribution < 1.29 is 9.90 Å². The molecule has 1 rings (SSSR count). The zero-order chi connectivity index (χ0) is 8.43. The Bertz CT molecular complexity index is 256. The molecule has 0 atom stereocenters. The predicted molar refractivity (Wildman–Crippen MR) is 38.9 cm³/mol. The molecule has 0 aliphatic carbocycles. The third kappa shape index (κ3) is 1.61. The lowest BCUT2D eigenvalue weighted by molar-refractivity contribution is -0.304. The van der Waals surface area contributed by atoms with Gasteiger partial charge in [0.05, 0.1) is 0 Å². The third-order valence-electron chi connectivity index (χ3n) is 1.74. The van der Waals surface area contributed by atoms with E-state index in [2.05, 4.69) is 0 Å². The highest BCUT2D eigenvalue weighted by Gasteiger charge is 2.01. The molecule has 1 aromatic rings. The summed E-state index contributed by atoms with van der Waals surface area (Å²) in [5.74, 6) is -1.03. The lowest BCUT2D eigenvalue weighted by Gasteiger charge is -2.05. The van der Waals surface area contributed by atoms with Crippen LogP contribution in [0.5, 0.6) is 0 Å². The van der Waals surface area contributed by atoms with Crippen LogP contribution in [-0.4, -0.2) is 10.5 Å². The molecular weight excluding hydrogens is 142 g/mol. The first kappa shape index (κ1) is 7.85. The molecule has 0 spiro atoms. The molecule has 0 fully saturated rings. The molecule has 1 aromatic heterocycles. The van der Waals surface area contributed by atoms with Crippen molar-refractivity contribution in [3.63, 3.8) is 0 Å². The Hall–Kier alpha value is -1.25. The number of aryl methyl sites for hydroxylation is 2. The minimum atomic E-state index is -1.03. The van der Waals surface area contributed by atoms with Crippen LogP contribution in [0.2, 0.25) is 0 Å². The molecule has 0 aliphatic rings. The number of aromatic nitrogens is 1. The van der Waals surface area contributed by atoms with Crippen LogP contribution in [0.3, 0.4) is 0 Å². The number of carbonyl (C=O) groups excluding carboxylic acids is 1. The number of nitrogens with zero attached hydrogens (tertiary/aromatic N) is 1. The number of carbonyl (C=O) groups is 1. The van der Waals surface area contributed by atoms with Gasteiger partial charge in [-0.2, -0.15) is 0 Å². The fraction of sp³-hybridized carbons (Fsp3) is 0.375. The molecule has 0 bridgehead atoms. The van der Waals surface area contributed by atoms with Crippen molar-refractivity contribution >= 4 is 5.97 Å². The van der Waals surface area contributed by atoms with E-state index in [0.717, 1.165) is 11.3 Å². The highest BCUT2D eigenvalue weighted by molar-refractivity contribution is 5.67. The average Bonchev–Trinajstić information content (AvgIpc) is 2.18. The topological polar surface area (TPSA) is 45.1 Å². The van der Waals surface area contributed by atoms with E-state index >= 15 is 0 Å². The maximum absolute atomic E-state index is 10.2. The number of carboxylic acid groups (broad SMARTS) is 1. The van der Waals surface area contributed by atoms with E-state index in [-0.39, 0.29) is 6.42 Å². The summed E-state index contributed by atoms with van der Waals surface area (Å²) in [5, 5.41) is 10.2. The van der Waals surface area contributed by atoms with Gasteiger partial charge >= 0.3 is 0 Å². The largest absolute Gasteiger partial charge is 0.550 e. The van der Waals surface area contributed by atoms with Crippen LogP contribution in [-0.2, 0) is 18.3 Å². The van der Waals surface area contributed by atoms with Crippen molar-refractivity contribution in [2.24, 2.45) is 7.05 Å². The predicted octanol–water partition coefficient (Wildman–Crippen LogP) is -0.374. The Morgan fingerprint density at radius 3 is 2.73 bits per heavy atom. The zero-order valence-electron chi connectivity index (χ0n) is 6.63. The van der Waals surface area contributed by atoms with Crippen LogP contribution in [0.4, 0.5) is 0 Å². The first-order valence-corrected chi connectivity index (χ1v) is 3.42. The molecular formula is C8H10NO2-. The van der Waals surface area contributed by atoms with Crippen molar-refractivity contribution in [1.82, 2.24) is 4.57 Å². The fourth-order valence-electron chi connectivity index (χ4n) is 1.09. The van der Waals surface area contributed by atoms with Gasteiger partial charge in [-0.1, -0.05) is 0 Å². The summed E-state index contributed by atoms with van der Waals surface area (Å²) >= 11 is 0. The van der Waals surface area contributed by atoms with Gasteiger partial charge in [0.2, 0.25) is 0 Å². The van der Waals surface area contributed by atoms with Crippen molar-refractivity contribution in [2.75, 3.05) is 0 Å². The smallest absolute Gasteiger partial charge is 0.0473 e. The Balaban J connectivity index is 2.92. The molecule has 1 heterocycles. The highest BCUT2D eigenvalue weighted by atomic mass is 16.4. The van der Waals surface area contributed by atoms with Crippen LogP contribution >= 0.6 is 0 Å². The van der Waals surface area contributed by atoms with Gasteiger partial charge in [0.25, 0.3) is 0 Å². The molecule has 0 aliphatic heterocycles. The quantitative estimate of drug-likeness (QED) is 0.580. The normalized spacial score (nSPS) is 10.0. The van der Waals surface area contributed by atoms with E-state index in [0.29, 0.717) is 0 Å². The van der Waals surface area contributed by atoms with Crippen molar-refractivity contribution in [2.45, 2.75) is 13.3 Å². The summed E-state index contributed by atoms with van der Waals surface area (Å²) in [6.07, 6.45) is 1.84. The molecule has 0 N–H and O–H groups in total. The van der Waals surface area contributed by atoms with Gasteiger partial charge in [-0.25, -0.2) is 0 Å². The molecule has 0 aromatic carbocycles. The van der Waals surface area contributed by atoms with E-state index in [1.54, 1.807) is 4.57 Å². The number of aliphatic carboxylic acids is 1. The second kappa shape index (κ2) is 2.78. The zero-order valence-corrected chi connectivity index (χ0v) is 6.63. The van der Waals surface area contributed by atoms with Gasteiger partial charge in [0, 0.05) is 31.3 Å². The molecule has 0 unspecified atom stereocenters. The lowest BCUT2D eigenvalue weighted by Crippen LogP contribution is -2.25. The van der Waals surface area contributed by atoms with E-state index in [9.17, 15) is 9.90 Å². The minimum Gasteiger partial charge on any atom is -0.550 e. The molecule has 3 nitrogen and oxygen atoms in total. The summed E-state index contributed by atoms with van der Waals surface area (Å²) in [7, 11) is 1.82. The van der Waals surface area contributed by atoms with Gasteiger partial charge in [-0.15, -0.1) is 0 Å². The second-order valence-corrected chi connectivity index (χ2v) is 2.61. The Morgan fingerprint density at radius 1 is 1.73 bits per heavy atom. The molecule has 11 heavy (non-hydrogen) atoms. The van der Waals surface area contributed by atoms with Gasteiger partial charge in [0.1, 0.15) is 0 Å². The number of rotatable bonds is 2. The maximum atomic E-state index is 10.2. The van der Waals surface area contributed by atoms with Gasteiger partial charge < -0.3 is 14.5 Å². The number of hydrogen-bond acceptors (Lipinski definition) is 2. The van der Waals surface area contributed by atoms with Crippen LogP contribution in [0.15, 0.2) is 12.3 Å². The van der Waals surface area contributed by atoms with Crippen LogP contribution in [0, 0.1) is 6.92 Å². The molecule has 0 saturated carbocycles. The van der Waals surface area contributed by atoms with Gasteiger partial charge in [-0.3, -0.25) is 0 Å². The highest BCUT2D eigenvalue weighted by Crippen LogP contribution is 2.07. The third-order valence-corrected chi connectivity index (χ3v) is 1.74. The SMILES string of the molecule is Cc1ccn(C)c1CC(=O)[O-]. The summed E-state index contributed by atoms with van der Waals surface area (Å²) in [6, 6.07) is 1.89. The average molecular weight is 152 g/mol. The van der Waals surface area contributed by atoms with E-state index < -0.39 is 5.97 Å². The first-order valence-electron chi connectivity index (χ1n) is 3.42. The number of hydrogen-bond donors (Lipinski definition) is 0. The van der Waals surface area contributed by atoms with Crippen LogP contribution in [0.25, 0.3) is 0 Å². The van der Waals surface area contributed by atoms with E-state index in [1.165, 1.54) is 0 Å². The van der Waals surface area contributed by atoms with Crippen LogP contribution < -0.4 is 5.11 Å². The maximum Gasteiger partial charge on any atom is 0.0473 e. The Morgan fingerprint density at radius 2 is 2.36 bits per heavy atom. The van der Waals surface area contributed by atoms with Gasteiger partial charge in [0.15, 0.2) is 0 Å². The van der Waals surface area contributed by atoms with Gasteiger partial charge in [-0.05, 0) is 18.6 Å².